The highest BCUT2D eigenvalue weighted by molar-refractivity contribution is 7.18. The number of aromatic nitrogens is 2. The third-order valence-electron chi connectivity index (χ3n) is 4.99. The van der Waals surface area contributed by atoms with Gasteiger partial charge in [0.15, 0.2) is 17.2 Å². The van der Waals surface area contributed by atoms with Gasteiger partial charge in [-0.3, -0.25) is 4.79 Å². The van der Waals surface area contributed by atoms with E-state index in [1.165, 1.54) is 12.0 Å². The van der Waals surface area contributed by atoms with Gasteiger partial charge in [-0.05, 0) is 55.0 Å². The summed E-state index contributed by atoms with van der Waals surface area (Å²) in [5.74, 6) is 0.765. The van der Waals surface area contributed by atoms with E-state index in [0.29, 0.717) is 37.8 Å². The Labute approximate surface area is 177 Å². The molecule has 0 bridgehead atoms. The van der Waals surface area contributed by atoms with E-state index in [4.69, 9.17) is 20.8 Å². The highest BCUT2D eigenvalue weighted by Gasteiger charge is 2.20. The monoisotopic (exact) mass is 446 g/mol. The molecule has 0 unspecified atom stereocenters. The number of hydrogen-bond acceptors (Lipinski definition) is 7. The van der Waals surface area contributed by atoms with E-state index in [0.717, 1.165) is 47.4 Å². The largest absolute Gasteiger partial charge is 0.493 e. The molecule has 0 spiro atoms. The van der Waals surface area contributed by atoms with Crippen LogP contribution in [0.3, 0.4) is 0 Å². The lowest BCUT2D eigenvalue weighted by atomic mass is 9.97. The smallest absolute Gasteiger partial charge is 0.396 e. The molecule has 0 saturated heterocycles. The molecular weight excluding hydrogens is 432 g/mol. The Hall–Kier alpha value is -2.42. The fraction of sp³-hybridized carbons (Fsp3) is 0.250. The number of aryl methyl sites for hydroxylation is 2. The van der Waals surface area contributed by atoms with Crippen LogP contribution in [0.2, 0.25) is 0 Å². The minimum Gasteiger partial charge on any atom is -0.493 e. The lowest BCUT2D eigenvalue weighted by Crippen LogP contribution is -2.12. The Morgan fingerprint density at radius 1 is 1.28 bits per heavy atom. The summed E-state index contributed by atoms with van der Waals surface area (Å²) in [5.41, 5.74) is 2.11. The van der Waals surface area contributed by atoms with Crippen LogP contribution >= 0.6 is 34.3 Å². The maximum absolute atomic E-state index is 12.7. The summed E-state index contributed by atoms with van der Waals surface area (Å²) in [6.07, 6.45) is 5.87. The quantitative estimate of drug-likeness (QED) is 0.489. The summed E-state index contributed by atoms with van der Waals surface area (Å²) in [4.78, 5) is 33.3. The first-order valence-electron chi connectivity index (χ1n) is 9.07. The van der Waals surface area contributed by atoms with Crippen LogP contribution in [0.1, 0.15) is 34.7 Å². The van der Waals surface area contributed by atoms with Crippen LogP contribution in [-0.4, -0.2) is 17.1 Å². The molecule has 3 heterocycles. The van der Waals surface area contributed by atoms with Gasteiger partial charge in [-0.25, -0.2) is 9.78 Å². The van der Waals surface area contributed by atoms with Crippen molar-refractivity contribution in [3.05, 3.63) is 54.0 Å². The van der Waals surface area contributed by atoms with Crippen LogP contribution in [-0.2, 0) is 12.8 Å². The summed E-state index contributed by atoms with van der Waals surface area (Å²) in [6, 6.07) is 3.51. The Balaban J connectivity index is 1.61. The summed E-state index contributed by atoms with van der Waals surface area (Å²) < 4.78 is 11.1. The standard InChI is InChI=1S/C20H15ClN2O4S2/c1-26-12-7-9(8-14-16(12)27-20(25)29-14)6-11(21)17-22-18(24)15-10-4-2-3-5-13(10)28-19(15)23-17/h6-8H,2-5H2,1H3,(H,22,23,24)/b11-6+. The Morgan fingerprint density at radius 2 is 2.10 bits per heavy atom. The molecule has 0 aliphatic heterocycles. The van der Waals surface area contributed by atoms with Crippen molar-refractivity contribution in [2.75, 3.05) is 7.11 Å². The molecule has 148 valence electrons. The first-order valence-corrected chi connectivity index (χ1v) is 11.1. The van der Waals surface area contributed by atoms with Gasteiger partial charge < -0.3 is 14.1 Å². The van der Waals surface area contributed by atoms with Gasteiger partial charge in [0.1, 0.15) is 4.83 Å². The lowest BCUT2D eigenvalue weighted by Gasteiger charge is -2.09. The van der Waals surface area contributed by atoms with Gasteiger partial charge in [-0.2, -0.15) is 0 Å². The van der Waals surface area contributed by atoms with Crippen molar-refractivity contribution in [3.8, 4) is 5.75 Å². The van der Waals surface area contributed by atoms with Crippen molar-refractivity contribution >= 4 is 65.9 Å². The molecule has 0 amide bonds. The molecule has 29 heavy (non-hydrogen) atoms. The highest BCUT2D eigenvalue weighted by atomic mass is 35.5. The highest BCUT2D eigenvalue weighted by Crippen LogP contribution is 2.35. The van der Waals surface area contributed by atoms with Crippen molar-refractivity contribution in [3.63, 3.8) is 0 Å². The van der Waals surface area contributed by atoms with Gasteiger partial charge in [0.2, 0.25) is 0 Å². The van der Waals surface area contributed by atoms with E-state index >= 15 is 0 Å². The molecule has 9 heteroatoms. The van der Waals surface area contributed by atoms with E-state index in [9.17, 15) is 9.59 Å². The van der Waals surface area contributed by atoms with Crippen molar-refractivity contribution in [1.29, 1.82) is 0 Å². The summed E-state index contributed by atoms with van der Waals surface area (Å²) in [7, 11) is 1.51. The van der Waals surface area contributed by atoms with Gasteiger partial charge in [0, 0.05) is 4.88 Å². The number of halogens is 1. The SMILES string of the molecule is COc1cc(/C=C(/Cl)c2nc3sc4c(c3c(=O)[nH]2)CCCC4)cc2sc(=O)oc12. The Morgan fingerprint density at radius 3 is 2.93 bits per heavy atom. The number of H-pyrrole nitrogens is 1. The number of ether oxygens (including phenoxy) is 1. The van der Waals surface area contributed by atoms with Crippen LogP contribution < -0.4 is 15.2 Å². The maximum Gasteiger partial charge on any atom is 0.396 e. The molecule has 4 aromatic rings. The number of benzene rings is 1. The number of nitrogens with zero attached hydrogens (tertiary/aromatic N) is 1. The summed E-state index contributed by atoms with van der Waals surface area (Å²) in [5, 5.41) is 0.997. The van der Waals surface area contributed by atoms with Crippen molar-refractivity contribution in [2.45, 2.75) is 25.7 Å². The predicted octanol–water partition coefficient (Wildman–Crippen LogP) is 4.78. The molecule has 1 aliphatic carbocycles. The van der Waals surface area contributed by atoms with E-state index < -0.39 is 4.94 Å². The molecule has 1 aliphatic rings. The number of rotatable bonds is 3. The van der Waals surface area contributed by atoms with Gasteiger partial charge >= 0.3 is 4.94 Å². The predicted molar refractivity (Wildman–Crippen MR) is 118 cm³/mol. The third-order valence-corrected chi connectivity index (χ3v) is 7.23. The number of methoxy groups -OCH3 is 1. The average Bonchev–Trinajstić information content (AvgIpc) is 3.26. The third kappa shape index (κ3) is 3.21. The Kier molecular flexibility index (Phi) is 4.57. The first kappa shape index (κ1) is 18.6. The second-order valence-corrected chi connectivity index (χ2v) is 9.27. The normalized spacial score (nSPS) is 14.5. The van der Waals surface area contributed by atoms with Crippen LogP contribution in [0.5, 0.6) is 5.75 Å². The van der Waals surface area contributed by atoms with Crippen molar-refractivity contribution in [1.82, 2.24) is 9.97 Å². The second kappa shape index (κ2) is 7.12. The molecule has 0 fully saturated rings. The van der Waals surface area contributed by atoms with Gasteiger partial charge in [0.05, 0.1) is 22.2 Å². The van der Waals surface area contributed by atoms with E-state index in [1.54, 1.807) is 29.5 Å². The zero-order valence-corrected chi connectivity index (χ0v) is 17.7. The van der Waals surface area contributed by atoms with Crippen LogP contribution in [0, 0.1) is 0 Å². The van der Waals surface area contributed by atoms with E-state index in [1.807, 2.05) is 0 Å². The van der Waals surface area contributed by atoms with E-state index in [-0.39, 0.29) is 5.56 Å². The number of fused-ring (bicyclic) bond motifs is 4. The molecule has 1 aromatic carbocycles. The van der Waals surface area contributed by atoms with Gasteiger partial charge in [0.25, 0.3) is 5.56 Å². The van der Waals surface area contributed by atoms with Crippen LogP contribution in [0.4, 0.5) is 0 Å². The van der Waals surface area contributed by atoms with Crippen molar-refractivity contribution < 1.29 is 9.15 Å². The molecule has 1 N–H and O–H groups in total. The number of thiophene rings is 1. The van der Waals surface area contributed by atoms with Crippen LogP contribution in [0.15, 0.2) is 26.1 Å². The van der Waals surface area contributed by atoms with E-state index in [2.05, 4.69) is 9.97 Å². The molecule has 0 saturated carbocycles. The molecule has 0 radical (unpaired) electrons. The molecule has 3 aromatic heterocycles. The first-order chi connectivity index (χ1) is 14.0. The summed E-state index contributed by atoms with van der Waals surface area (Å²) in [6.45, 7) is 0. The molecule has 0 atom stereocenters. The zero-order valence-electron chi connectivity index (χ0n) is 15.3. The average molecular weight is 447 g/mol. The molecule has 5 rings (SSSR count). The fourth-order valence-electron chi connectivity index (χ4n) is 3.69. The van der Waals surface area contributed by atoms with Gasteiger partial charge in [-0.1, -0.05) is 22.9 Å². The van der Waals surface area contributed by atoms with Crippen LogP contribution in [0.25, 0.3) is 31.6 Å². The molecular formula is C20H15ClN2O4S2. The number of hydrogen-bond donors (Lipinski definition) is 1. The van der Waals surface area contributed by atoms with Gasteiger partial charge in [-0.15, -0.1) is 11.3 Å². The minimum absolute atomic E-state index is 0.156. The lowest BCUT2D eigenvalue weighted by molar-refractivity contribution is 0.408. The maximum atomic E-state index is 12.7. The molecule has 6 nitrogen and oxygen atoms in total. The fourth-order valence-corrected chi connectivity index (χ4v) is 5.91. The topological polar surface area (TPSA) is 85.2 Å². The minimum atomic E-state index is -0.399. The zero-order chi connectivity index (χ0) is 20.1. The van der Waals surface area contributed by atoms with Crippen molar-refractivity contribution in [2.24, 2.45) is 0 Å². The second-order valence-electron chi connectivity index (χ2n) is 6.80. The number of nitrogens with one attached hydrogen (secondary N) is 1. The Bertz CT molecular complexity index is 1410. The number of aromatic amines is 1. The summed E-state index contributed by atoms with van der Waals surface area (Å²) >= 11 is 9.07.